The lowest BCUT2D eigenvalue weighted by molar-refractivity contribution is -0.286. The number of halogens is 2. The van der Waals surface area contributed by atoms with E-state index in [2.05, 4.69) is 14.8 Å². The molecule has 1 unspecified atom stereocenters. The lowest BCUT2D eigenvalue weighted by Gasteiger charge is -2.16. The van der Waals surface area contributed by atoms with Gasteiger partial charge in [0.15, 0.2) is 11.5 Å². The first-order valence-electron chi connectivity index (χ1n) is 6.38. The molecule has 2 N–H and O–H groups in total. The van der Waals surface area contributed by atoms with Crippen LogP contribution in [0.4, 0.5) is 14.5 Å². The molecule has 2 aromatic rings. The van der Waals surface area contributed by atoms with Crippen molar-refractivity contribution in [2.24, 2.45) is 0 Å². The minimum absolute atomic E-state index is 0.00269. The molecule has 21 heavy (non-hydrogen) atoms. The Labute approximate surface area is 119 Å². The topological polar surface area (TPSA) is 50.7 Å². The van der Waals surface area contributed by atoms with Gasteiger partial charge < -0.3 is 19.9 Å². The molecule has 4 nitrogen and oxygen atoms in total. The van der Waals surface area contributed by atoms with Crippen molar-refractivity contribution in [2.45, 2.75) is 19.3 Å². The highest BCUT2D eigenvalue weighted by atomic mass is 19.3. The maximum atomic E-state index is 12.9. The summed E-state index contributed by atoms with van der Waals surface area (Å²) in [5.41, 5.74) is 1.59. The average Bonchev–Trinajstić information content (AvgIpc) is 2.72. The second-order valence-electron chi connectivity index (χ2n) is 4.79. The van der Waals surface area contributed by atoms with Gasteiger partial charge >= 0.3 is 6.29 Å². The Bertz CT molecular complexity index is 658. The molecule has 0 aromatic heterocycles. The van der Waals surface area contributed by atoms with E-state index in [4.69, 9.17) is 0 Å². The van der Waals surface area contributed by atoms with Crippen LogP contribution in [-0.4, -0.2) is 11.4 Å². The van der Waals surface area contributed by atoms with Gasteiger partial charge in [-0.05, 0) is 36.8 Å². The monoisotopic (exact) mass is 293 g/mol. The number of fused-ring (bicyclic) bond motifs is 1. The molecule has 0 bridgehead atoms. The highest BCUT2D eigenvalue weighted by Gasteiger charge is 2.43. The van der Waals surface area contributed by atoms with Crippen LogP contribution in [0.3, 0.4) is 0 Å². The Morgan fingerprint density at radius 3 is 2.43 bits per heavy atom. The summed E-state index contributed by atoms with van der Waals surface area (Å²) in [6.45, 7) is 1.92. The SMILES string of the molecule is CC(Nc1ccc2c(c1)OC(F)(F)O2)c1ccc(O)cc1. The number of anilines is 1. The summed E-state index contributed by atoms with van der Waals surface area (Å²) in [6.07, 6.45) is -3.61. The van der Waals surface area contributed by atoms with Gasteiger partial charge in [0.25, 0.3) is 0 Å². The first-order valence-corrected chi connectivity index (χ1v) is 6.38. The van der Waals surface area contributed by atoms with E-state index in [1.807, 2.05) is 6.92 Å². The van der Waals surface area contributed by atoms with Crippen molar-refractivity contribution in [2.75, 3.05) is 5.32 Å². The van der Waals surface area contributed by atoms with Crippen LogP contribution in [0.2, 0.25) is 0 Å². The fourth-order valence-corrected chi connectivity index (χ4v) is 2.14. The van der Waals surface area contributed by atoms with Gasteiger partial charge in [0, 0.05) is 17.8 Å². The van der Waals surface area contributed by atoms with E-state index in [-0.39, 0.29) is 23.3 Å². The quantitative estimate of drug-likeness (QED) is 0.901. The number of benzene rings is 2. The second kappa shape index (κ2) is 4.80. The molecular weight excluding hydrogens is 280 g/mol. The van der Waals surface area contributed by atoms with Gasteiger partial charge in [-0.15, -0.1) is 8.78 Å². The molecule has 6 heteroatoms. The van der Waals surface area contributed by atoms with Gasteiger partial charge in [-0.25, -0.2) is 0 Å². The maximum absolute atomic E-state index is 12.9. The van der Waals surface area contributed by atoms with Crippen molar-refractivity contribution in [1.82, 2.24) is 0 Å². The molecule has 0 spiro atoms. The number of ether oxygens (including phenoxy) is 2. The Morgan fingerprint density at radius 2 is 1.71 bits per heavy atom. The van der Waals surface area contributed by atoms with E-state index in [0.29, 0.717) is 5.69 Å². The van der Waals surface area contributed by atoms with Gasteiger partial charge in [0.1, 0.15) is 5.75 Å². The summed E-state index contributed by atoms with van der Waals surface area (Å²) in [7, 11) is 0. The molecule has 3 rings (SSSR count). The molecule has 0 saturated carbocycles. The smallest absolute Gasteiger partial charge is 0.508 e. The number of hydrogen-bond donors (Lipinski definition) is 2. The van der Waals surface area contributed by atoms with Crippen molar-refractivity contribution >= 4 is 5.69 Å². The Balaban J connectivity index is 1.76. The third-order valence-electron chi connectivity index (χ3n) is 3.18. The van der Waals surface area contributed by atoms with E-state index in [1.54, 1.807) is 30.3 Å². The molecule has 1 aliphatic heterocycles. The van der Waals surface area contributed by atoms with Crippen LogP contribution in [0.25, 0.3) is 0 Å². The van der Waals surface area contributed by atoms with Gasteiger partial charge in [-0.3, -0.25) is 0 Å². The largest absolute Gasteiger partial charge is 0.586 e. The summed E-state index contributed by atoms with van der Waals surface area (Å²) in [5, 5.41) is 12.4. The van der Waals surface area contributed by atoms with Crippen molar-refractivity contribution in [3.63, 3.8) is 0 Å². The number of aromatic hydroxyl groups is 1. The van der Waals surface area contributed by atoms with Crippen LogP contribution in [-0.2, 0) is 0 Å². The molecule has 2 aromatic carbocycles. The summed E-state index contributed by atoms with van der Waals surface area (Å²) >= 11 is 0. The third kappa shape index (κ3) is 2.84. The minimum Gasteiger partial charge on any atom is -0.508 e. The van der Waals surface area contributed by atoms with E-state index in [9.17, 15) is 13.9 Å². The minimum atomic E-state index is -3.61. The molecule has 1 heterocycles. The number of nitrogens with one attached hydrogen (secondary N) is 1. The predicted molar refractivity (Wildman–Crippen MR) is 72.8 cm³/mol. The van der Waals surface area contributed by atoms with E-state index < -0.39 is 6.29 Å². The van der Waals surface area contributed by atoms with E-state index >= 15 is 0 Å². The number of hydrogen-bond acceptors (Lipinski definition) is 4. The van der Waals surface area contributed by atoms with Crippen molar-refractivity contribution in [3.8, 4) is 17.2 Å². The van der Waals surface area contributed by atoms with Crippen LogP contribution in [0, 0.1) is 0 Å². The zero-order chi connectivity index (χ0) is 15.0. The van der Waals surface area contributed by atoms with Crippen LogP contribution in [0.5, 0.6) is 17.2 Å². The maximum Gasteiger partial charge on any atom is 0.586 e. The highest BCUT2D eigenvalue weighted by Crippen LogP contribution is 2.42. The van der Waals surface area contributed by atoms with E-state index in [1.165, 1.54) is 12.1 Å². The van der Waals surface area contributed by atoms with Gasteiger partial charge in [0.2, 0.25) is 0 Å². The van der Waals surface area contributed by atoms with Crippen LogP contribution >= 0.6 is 0 Å². The van der Waals surface area contributed by atoms with Crippen LogP contribution in [0.1, 0.15) is 18.5 Å². The fourth-order valence-electron chi connectivity index (χ4n) is 2.14. The molecule has 0 radical (unpaired) electrons. The second-order valence-corrected chi connectivity index (χ2v) is 4.79. The average molecular weight is 293 g/mol. The predicted octanol–water partition coefficient (Wildman–Crippen LogP) is 3.89. The standard InChI is InChI=1S/C15H13F2NO3/c1-9(10-2-5-12(19)6-3-10)18-11-4-7-13-14(8-11)21-15(16,17)20-13/h2-9,18-19H,1H3. The van der Waals surface area contributed by atoms with Gasteiger partial charge in [0.05, 0.1) is 0 Å². The normalized spacial score (nSPS) is 16.5. The van der Waals surface area contributed by atoms with Crippen molar-refractivity contribution < 1.29 is 23.4 Å². The fraction of sp³-hybridized carbons (Fsp3) is 0.200. The molecule has 1 atom stereocenters. The zero-order valence-electron chi connectivity index (χ0n) is 11.1. The van der Waals surface area contributed by atoms with Crippen molar-refractivity contribution in [3.05, 3.63) is 48.0 Å². The first-order chi connectivity index (χ1) is 9.93. The number of phenols is 1. The molecule has 0 amide bonds. The summed E-state index contributed by atoms with van der Waals surface area (Å²) in [4.78, 5) is 0. The molecule has 110 valence electrons. The lowest BCUT2D eigenvalue weighted by atomic mass is 10.1. The van der Waals surface area contributed by atoms with Crippen molar-refractivity contribution in [1.29, 1.82) is 0 Å². The van der Waals surface area contributed by atoms with Gasteiger partial charge in [-0.2, -0.15) is 0 Å². The first kappa shape index (κ1) is 13.5. The van der Waals surface area contributed by atoms with Crippen LogP contribution in [0.15, 0.2) is 42.5 Å². The number of rotatable bonds is 3. The Morgan fingerprint density at radius 1 is 1.05 bits per heavy atom. The Hall–Kier alpha value is -2.50. The van der Waals surface area contributed by atoms with Gasteiger partial charge in [-0.1, -0.05) is 12.1 Å². The number of alkyl halides is 2. The molecule has 0 fully saturated rings. The third-order valence-corrected chi connectivity index (χ3v) is 3.18. The molecule has 0 aliphatic carbocycles. The molecule has 1 aliphatic rings. The lowest BCUT2D eigenvalue weighted by Crippen LogP contribution is -2.25. The number of phenolic OH excluding ortho intramolecular Hbond substituents is 1. The van der Waals surface area contributed by atoms with E-state index in [0.717, 1.165) is 5.56 Å². The molecule has 0 saturated heterocycles. The summed E-state index contributed by atoms with van der Waals surface area (Å²) in [5.74, 6) is 0.210. The zero-order valence-corrected chi connectivity index (χ0v) is 11.1. The Kier molecular flexibility index (Phi) is 3.08. The summed E-state index contributed by atoms with van der Waals surface area (Å²) in [6, 6.07) is 11.2. The highest BCUT2D eigenvalue weighted by molar-refractivity contribution is 5.56. The summed E-state index contributed by atoms with van der Waals surface area (Å²) < 4.78 is 34.6. The molecular formula is C15H13F2NO3. The van der Waals surface area contributed by atoms with Crippen LogP contribution < -0.4 is 14.8 Å².